The summed E-state index contributed by atoms with van der Waals surface area (Å²) in [4.78, 5) is 24.2. The van der Waals surface area contributed by atoms with Gasteiger partial charge in [0, 0.05) is 12.1 Å². The molecule has 4 heteroatoms. The SMILES string of the molecule is CC1CCC(NC(=O)C(=O)NC2CCC(C(C)(C)C)CC2)CC1. The van der Waals surface area contributed by atoms with Crippen LogP contribution in [0.2, 0.25) is 0 Å². The van der Waals surface area contributed by atoms with E-state index in [1.54, 1.807) is 0 Å². The molecule has 2 rings (SSSR count). The molecule has 2 aliphatic carbocycles. The van der Waals surface area contributed by atoms with Gasteiger partial charge in [-0.2, -0.15) is 0 Å². The van der Waals surface area contributed by atoms with Crippen LogP contribution < -0.4 is 10.6 Å². The maximum Gasteiger partial charge on any atom is 0.309 e. The third-order valence-electron chi connectivity index (χ3n) is 5.84. The van der Waals surface area contributed by atoms with Crippen molar-refractivity contribution < 1.29 is 9.59 Å². The standard InChI is InChI=1S/C19H34N2O2/c1-13-5-9-15(10-6-13)20-17(22)18(23)21-16-11-7-14(8-12-16)19(2,3)4/h13-16H,5-12H2,1-4H3,(H,20,22)(H,21,23). The van der Waals surface area contributed by atoms with Crippen molar-refractivity contribution in [1.29, 1.82) is 0 Å². The van der Waals surface area contributed by atoms with E-state index < -0.39 is 11.8 Å². The van der Waals surface area contributed by atoms with Crippen molar-refractivity contribution in [2.24, 2.45) is 17.3 Å². The van der Waals surface area contributed by atoms with Crippen molar-refractivity contribution in [1.82, 2.24) is 10.6 Å². The molecule has 0 unspecified atom stereocenters. The van der Waals surface area contributed by atoms with Gasteiger partial charge in [-0.25, -0.2) is 0 Å². The Morgan fingerprint density at radius 3 is 1.52 bits per heavy atom. The minimum Gasteiger partial charge on any atom is -0.345 e. The molecule has 0 heterocycles. The largest absolute Gasteiger partial charge is 0.345 e. The van der Waals surface area contributed by atoms with Crippen LogP contribution in [0.1, 0.15) is 79.1 Å². The molecule has 2 amide bonds. The van der Waals surface area contributed by atoms with Gasteiger partial charge in [0.25, 0.3) is 0 Å². The van der Waals surface area contributed by atoms with Crippen LogP contribution in [-0.2, 0) is 9.59 Å². The molecule has 4 nitrogen and oxygen atoms in total. The van der Waals surface area contributed by atoms with E-state index in [4.69, 9.17) is 0 Å². The van der Waals surface area contributed by atoms with Gasteiger partial charge in [-0.1, -0.05) is 27.7 Å². The predicted molar refractivity (Wildman–Crippen MR) is 92.9 cm³/mol. The van der Waals surface area contributed by atoms with E-state index in [0.717, 1.165) is 57.3 Å². The summed E-state index contributed by atoms with van der Waals surface area (Å²) in [7, 11) is 0. The number of amides is 2. The Morgan fingerprint density at radius 2 is 1.13 bits per heavy atom. The summed E-state index contributed by atoms with van der Waals surface area (Å²) in [6.07, 6.45) is 8.53. The van der Waals surface area contributed by atoms with Crippen molar-refractivity contribution in [2.75, 3.05) is 0 Å². The van der Waals surface area contributed by atoms with Crippen LogP contribution in [0.5, 0.6) is 0 Å². The first-order valence-corrected chi connectivity index (χ1v) is 9.37. The van der Waals surface area contributed by atoms with Crippen LogP contribution >= 0.6 is 0 Å². The van der Waals surface area contributed by atoms with Crippen LogP contribution in [0, 0.1) is 17.3 Å². The fraction of sp³-hybridized carbons (Fsp3) is 0.895. The van der Waals surface area contributed by atoms with Crippen LogP contribution in [-0.4, -0.2) is 23.9 Å². The maximum absolute atomic E-state index is 12.1. The fourth-order valence-corrected chi connectivity index (χ4v) is 4.01. The van der Waals surface area contributed by atoms with Gasteiger partial charge in [0.2, 0.25) is 0 Å². The lowest BCUT2D eigenvalue weighted by molar-refractivity contribution is -0.140. The second-order valence-electron chi connectivity index (χ2n) is 8.82. The molecule has 0 aliphatic heterocycles. The fourth-order valence-electron chi connectivity index (χ4n) is 4.01. The molecule has 0 spiro atoms. The second-order valence-corrected chi connectivity index (χ2v) is 8.82. The van der Waals surface area contributed by atoms with Crippen molar-refractivity contribution in [3.63, 3.8) is 0 Å². The first kappa shape index (κ1) is 18.3. The van der Waals surface area contributed by atoms with Crippen LogP contribution in [0.25, 0.3) is 0 Å². The average molecular weight is 322 g/mol. The van der Waals surface area contributed by atoms with Gasteiger partial charge in [0.05, 0.1) is 0 Å². The van der Waals surface area contributed by atoms with Gasteiger partial charge >= 0.3 is 11.8 Å². The number of carbonyl (C=O) groups is 2. The van der Waals surface area contributed by atoms with E-state index in [1.165, 1.54) is 0 Å². The minimum absolute atomic E-state index is 0.165. The topological polar surface area (TPSA) is 58.2 Å². The van der Waals surface area contributed by atoms with Crippen molar-refractivity contribution in [3.8, 4) is 0 Å². The molecule has 0 bridgehead atoms. The summed E-state index contributed by atoms with van der Waals surface area (Å²) in [5, 5.41) is 5.85. The Labute approximate surface area is 141 Å². The van der Waals surface area contributed by atoms with Gasteiger partial charge in [-0.15, -0.1) is 0 Å². The first-order valence-electron chi connectivity index (χ1n) is 9.37. The Hall–Kier alpha value is -1.06. The zero-order chi connectivity index (χ0) is 17.0. The summed E-state index contributed by atoms with van der Waals surface area (Å²) in [6.45, 7) is 9.11. The summed E-state index contributed by atoms with van der Waals surface area (Å²) in [5.41, 5.74) is 0.338. The zero-order valence-electron chi connectivity index (χ0n) is 15.3. The highest BCUT2D eigenvalue weighted by Crippen LogP contribution is 2.37. The van der Waals surface area contributed by atoms with Crippen LogP contribution in [0.3, 0.4) is 0 Å². The minimum atomic E-state index is -0.442. The molecule has 2 aliphatic rings. The third kappa shape index (κ3) is 5.50. The smallest absolute Gasteiger partial charge is 0.309 e. The lowest BCUT2D eigenvalue weighted by atomic mass is 9.71. The molecular weight excluding hydrogens is 288 g/mol. The van der Waals surface area contributed by atoms with Gasteiger partial charge in [-0.05, 0) is 68.6 Å². The average Bonchev–Trinajstić information content (AvgIpc) is 2.49. The molecule has 132 valence electrons. The number of nitrogens with one attached hydrogen (secondary N) is 2. The van der Waals surface area contributed by atoms with E-state index in [0.29, 0.717) is 11.3 Å². The Bertz CT molecular complexity index is 412. The summed E-state index contributed by atoms with van der Waals surface area (Å²) < 4.78 is 0. The normalized spacial score (nSPS) is 32.2. The van der Waals surface area contributed by atoms with Gasteiger partial charge < -0.3 is 10.6 Å². The molecule has 2 N–H and O–H groups in total. The van der Waals surface area contributed by atoms with E-state index in [1.807, 2.05) is 0 Å². The maximum atomic E-state index is 12.1. The lowest BCUT2D eigenvalue weighted by Crippen LogP contribution is -2.49. The highest BCUT2D eigenvalue weighted by atomic mass is 16.2. The molecule has 23 heavy (non-hydrogen) atoms. The zero-order valence-corrected chi connectivity index (χ0v) is 15.3. The molecule has 0 radical (unpaired) electrons. The van der Waals surface area contributed by atoms with Crippen molar-refractivity contribution in [3.05, 3.63) is 0 Å². The van der Waals surface area contributed by atoms with Gasteiger partial charge in [0.15, 0.2) is 0 Å². The molecule has 2 saturated carbocycles. The number of hydrogen-bond donors (Lipinski definition) is 2. The lowest BCUT2D eigenvalue weighted by Gasteiger charge is -2.37. The number of hydrogen-bond acceptors (Lipinski definition) is 2. The predicted octanol–water partition coefficient (Wildman–Crippen LogP) is 3.40. The Morgan fingerprint density at radius 1 is 0.739 bits per heavy atom. The summed E-state index contributed by atoms with van der Waals surface area (Å²) >= 11 is 0. The molecule has 2 fully saturated rings. The monoisotopic (exact) mass is 322 g/mol. The molecule has 0 aromatic carbocycles. The molecule has 0 aromatic rings. The number of rotatable bonds is 2. The van der Waals surface area contributed by atoms with Gasteiger partial charge in [0.1, 0.15) is 0 Å². The summed E-state index contributed by atoms with van der Waals surface area (Å²) in [5.74, 6) is 0.578. The van der Waals surface area contributed by atoms with E-state index in [-0.39, 0.29) is 12.1 Å². The van der Waals surface area contributed by atoms with Gasteiger partial charge in [-0.3, -0.25) is 9.59 Å². The third-order valence-corrected chi connectivity index (χ3v) is 5.84. The molecule has 0 atom stereocenters. The van der Waals surface area contributed by atoms with Crippen LogP contribution in [0.4, 0.5) is 0 Å². The van der Waals surface area contributed by atoms with E-state index in [2.05, 4.69) is 38.3 Å². The van der Waals surface area contributed by atoms with E-state index >= 15 is 0 Å². The molecule has 0 aromatic heterocycles. The van der Waals surface area contributed by atoms with E-state index in [9.17, 15) is 9.59 Å². The van der Waals surface area contributed by atoms with Crippen LogP contribution in [0.15, 0.2) is 0 Å². The summed E-state index contributed by atoms with van der Waals surface area (Å²) in [6, 6.07) is 0.347. The molecule has 0 saturated heterocycles. The second kappa shape index (κ2) is 7.67. The highest BCUT2D eigenvalue weighted by Gasteiger charge is 2.31. The van der Waals surface area contributed by atoms with Crippen molar-refractivity contribution in [2.45, 2.75) is 91.1 Å². The highest BCUT2D eigenvalue weighted by molar-refractivity contribution is 6.35. The molecular formula is C19H34N2O2. The van der Waals surface area contributed by atoms with Crippen molar-refractivity contribution >= 4 is 11.8 Å². The Kier molecular flexibility index (Phi) is 6.10. The first-order chi connectivity index (χ1) is 10.8. The Balaban J connectivity index is 1.71. The number of carbonyl (C=O) groups excluding carboxylic acids is 2. The quantitative estimate of drug-likeness (QED) is 0.766.